The Bertz CT molecular complexity index is 842. The fourth-order valence-corrected chi connectivity index (χ4v) is 3.09. The molecular weight excluding hydrogens is 320 g/mol. The molecule has 8 heteroatoms. The van der Waals surface area contributed by atoms with E-state index in [-0.39, 0.29) is 18.2 Å². The highest BCUT2D eigenvalue weighted by atomic mass is 16.2. The molecule has 0 atom stereocenters. The first kappa shape index (κ1) is 15.5. The molecule has 2 amide bonds. The number of para-hydroxylation sites is 1. The highest BCUT2D eigenvalue weighted by Crippen LogP contribution is 2.20. The van der Waals surface area contributed by atoms with Crippen LogP contribution in [0.3, 0.4) is 0 Å². The number of fused-ring (bicyclic) bond motifs is 1. The molecule has 0 bridgehead atoms. The first-order valence-corrected chi connectivity index (χ1v) is 8.37. The molecule has 3 heterocycles. The van der Waals surface area contributed by atoms with Crippen LogP contribution in [0.4, 0.5) is 5.69 Å². The molecular formula is C17H18N6O2. The van der Waals surface area contributed by atoms with E-state index in [0.29, 0.717) is 24.4 Å². The number of benzene rings is 1. The smallest absolute Gasteiger partial charge is 0.267 e. The minimum atomic E-state index is -0.274. The molecule has 2 aromatic rings. The Morgan fingerprint density at radius 2 is 1.96 bits per heavy atom. The summed E-state index contributed by atoms with van der Waals surface area (Å²) < 4.78 is 2.04. The van der Waals surface area contributed by atoms with Gasteiger partial charge in [-0.1, -0.05) is 18.2 Å². The van der Waals surface area contributed by atoms with Gasteiger partial charge in [0.15, 0.2) is 5.82 Å². The van der Waals surface area contributed by atoms with Gasteiger partial charge in [0.05, 0.1) is 12.2 Å². The normalized spacial score (nSPS) is 16.6. The molecule has 0 aliphatic carbocycles. The molecule has 4 rings (SSSR count). The number of aryl methyl sites for hydroxylation is 1. The minimum Gasteiger partial charge on any atom is -0.344 e. The van der Waals surface area contributed by atoms with E-state index in [9.17, 15) is 9.59 Å². The highest BCUT2D eigenvalue weighted by molar-refractivity contribution is 6.40. The number of nitrogens with zero attached hydrogens (tertiary/aromatic N) is 5. The van der Waals surface area contributed by atoms with Gasteiger partial charge in [-0.2, -0.15) is 5.10 Å². The van der Waals surface area contributed by atoms with Gasteiger partial charge in [-0.25, -0.2) is 5.01 Å². The van der Waals surface area contributed by atoms with Gasteiger partial charge in [0.25, 0.3) is 5.91 Å². The van der Waals surface area contributed by atoms with Crippen molar-refractivity contribution in [2.45, 2.75) is 38.8 Å². The third kappa shape index (κ3) is 3.02. The van der Waals surface area contributed by atoms with Crippen molar-refractivity contribution in [3.8, 4) is 0 Å². The first-order valence-electron chi connectivity index (χ1n) is 8.37. The largest absolute Gasteiger partial charge is 0.344 e. The number of nitrogens with one attached hydrogen (secondary N) is 1. The fraction of sp³-hybridized carbons (Fsp3) is 0.353. The van der Waals surface area contributed by atoms with E-state index >= 15 is 0 Å². The van der Waals surface area contributed by atoms with Gasteiger partial charge in [0, 0.05) is 25.8 Å². The highest BCUT2D eigenvalue weighted by Gasteiger charge is 2.26. The van der Waals surface area contributed by atoms with Crippen LogP contribution in [0, 0.1) is 0 Å². The average molecular weight is 338 g/mol. The van der Waals surface area contributed by atoms with Crippen molar-refractivity contribution in [3.63, 3.8) is 0 Å². The molecule has 1 aromatic heterocycles. The monoisotopic (exact) mass is 338 g/mol. The van der Waals surface area contributed by atoms with Crippen molar-refractivity contribution in [3.05, 3.63) is 42.0 Å². The lowest BCUT2D eigenvalue weighted by Gasteiger charge is -2.23. The number of carbonyl (C=O) groups excluding carboxylic acids is 2. The third-order valence-electron chi connectivity index (χ3n) is 4.39. The van der Waals surface area contributed by atoms with Crippen molar-refractivity contribution in [1.82, 2.24) is 20.1 Å². The number of amides is 2. The third-order valence-corrected chi connectivity index (χ3v) is 4.39. The summed E-state index contributed by atoms with van der Waals surface area (Å²) in [6, 6.07) is 9.12. The van der Waals surface area contributed by atoms with Crippen LogP contribution in [-0.4, -0.2) is 32.3 Å². The Morgan fingerprint density at radius 1 is 1.12 bits per heavy atom. The second kappa shape index (κ2) is 6.46. The van der Waals surface area contributed by atoms with Crippen molar-refractivity contribution in [2.75, 3.05) is 5.01 Å². The molecule has 2 aliphatic heterocycles. The van der Waals surface area contributed by atoms with E-state index in [0.717, 1.165) is 31.0 Å². The number of hydrogen-bond donors (Lipinski definition) is 1. The zero-order valence-electron chi connectivity index (χ0n) is 13.7. The molecule has 0 saturated carbocycles. The van der Waals surface area contributed by atoms with E-state index in [4.69, 9.17) is 0 Å². The summed E-state index contributed by atoms with van der Waals surface area (Å²) in [4.78, 5) is 24.5. The fourth-order valence-electron chi connectivity index (χ4n) is 3.09. The molecule has 8 nitrogen and oxygen atoms in total. The predicted octanol–water partition coefficient (Wildman–Crippen LogP) is 1.02. The van der Waals surface area contributed by atoms with Gasteiger partial charge in [-0.3, -0.25) is 9.59 Å². The van der Waals surface area contributed by atoms with Crippen LogP contribution in [0.2, 0.25) is 0 Å². The number of aromatic nitrogens is 3. The van der Waals surface area contributed by atoms with Crippen molar-refractivity contribution in [2.24, 2.45) is 5.10 Å². The Balaban J connectivity index is 1.46. The molecule has 2 aliphatic rings. The summed E-state index contributed by atoms with van der Waals surface area (Å²) in [5.41, 5.74) is 1.01. The molecule has 0 saturated heterocycles. The number of anilines is 1. The van der Waals surface area contributed by atoms with Crippen molar-refractivity contribution < 1.29 is 9.59 Å². The lowest BCUT2D eigenvalue weighted by atomic mass is 10.1. The van der Waals surface area contributed by atoms with E-state index in [1.165, 1.54) is 5.01 Å². The van der Waals surface area contributed by atoms with Crippen molar-refractivity contribution in [1.29, 1.82) is 0 Å². The second-order valence-electron chi connectivity index (χ2n) is 6.06. The van der Waals surface area contributed by atoms with E-state index in [1.54, 1.807) is 12.1 Å². The summed E-state index contributed by atoms with van der Waals surface area (Å²) in [5.74, 6) is 1.34. The van der Waals surface area contributed by atoms with E-state index < -0.39 is 0 Å². The summed E-state index contributed by atoms with van der Waals surface area (Å²) >= 11 is 0. The zero-order chi connectivity index (χ0) is 17.2. The Kier molecular flexibility index (Phi) is 4.01. The molecule has 1 N–H and O–H groups in total. The van der Waals surface area contributed by atoms with Crippen LogP contribution in [0.15, 0.2) is 35.4 Å². The second-order valence-corrected chi connectivity index (χ2v) is 6.06. The quantitative estimate of drug-likeness (QED) is 0.901. The lowest BCUT2D eigenvalue weighted by Crippen LogP contribution is -2.39. The van der Waals surface area contributed by atoms with Gasteiger partial charge in [-0.05, 0) is 18.6 Å². The van der Waals surface area contributed by atoms with Crippen LogP contribution >= 0.6 is 0 Å². The van der Waals surface area contributed by atoms with Crippen LogP contribution < -0.4 is 10.3 Å². The van der Waals surface area contributed by atoms with Crippen molar-refractivity contribution >= 4 is 23.2 Å². The number of hydrogen-bond acceptors (Lipinski definition) is 5. The van der Waals surface area contributed by atoms with Crippen LogP contribution in [0.5, 0.6) is 0 Å². The SMILES string of the molecule is O=C(NCc1nnc2n1CCC2)C1=NN(c2ccccc2)C(=O)CC1. The van der Waals surface area contributed by atoms with E-state index in [2.05, 4.69) is 20.6 Å². The zero-order valence-corrected chi connectivity index (χ0v) is 13.7. The molecule has 128 valence electrons. The number of rotatable bonds is 4. The van der Waals surface area contributed by atoms with Crippen LogP contribution in [0.25, 0.3) is 0 Å². The van der Waals surface area contributed by atoms with Crippen LogP contribution in [-0.2, 0) is 29.1 Å². The Hall–Kier alpha value is -3.03. The molecule has 25 heavy (non-hydrogen) atoms. The van der Waals surface area contributed by atoms with Gasteiger partial charge in [0.1, 0.15) is 11.5 Å². The summed E-state index contributed by atoms with van der Waals surface area (Å²) in [5, 5.41) is 16.6. The van der Waals surface area contributed by atoms with Gasteiger partial charge >= 0.3 is 0 Å². The minimum absolute atomic E-state index is 0.113. The maximum atomic E-state index is 12.4. The molecule has 0 radical (unpaired) electrons. The summed E-state index contributed by atoms with van der Waals surface area (Å²) in [6.45, 7) is 1.20. The molecule has 0 spiro atoms. The number of hydrazone groups is 1. The summed E-state index contributed by atoms with van der Waals surface area (Å²) in [6.07, 6.45) is 2.60. The lowest BCUT2D eigenvalue weighted by molar-refractivity contribution is -0.119. The predicted molar refractivity (Wildman–Crippen MR) is 90.8 cm³/mol. The molecule has 0 unspecified atom stereocenters. The maximum Gasteiger partial charge on any atom is 0.267 e. The molecule has 1 aromatic carbocycles. The van der Waals surface area contributed by atoms with Gasteiger partial charge in [-0.15, -0.1) is 10.2 Å². The van der Waals surface area contributed by atoms with Crippen LogP contribution in [0.1, 0.15) is 30.9 Å². The van der Waals surface area contributed by atoms with E-state index in [1.807, 2.05) is 22.8 Å². The average Bonchev–Trinajstić information content (AvgIpc) is 3.25. The van der Waals surface area contributed by atoms with Gasteiger partial charge < -0.3 is 9.88 Å². The Labute approximate surface area is 144 Å². The molecule has 0 fully saturated rings. The maximum absolute atomic E-state index is 12.4. The standard InChI is InChI=1S/C17H18N6O2/c24-16-9-8-13(21-23(16)12-5-2-1-3-6-12)17(25)18-11-15-20-19-14-7-4-10-22(14)15/h1-3,5-6H,4,7-11H2,(H,18,25). The Morgan fingerprint density at radius 3 is 2.80 bits per heavy atom. The topological polar surface area (TPSA) is 92.5 Å². The van der Waals surface area contributed by atoms with Gasteiger partial charge in [0.2, 0.25) is 5.91 Å². The summed E-state index contributed by atoms with van der Waals surface area (Å²) in [7, 11) is 0. The number of carbonyl (C=O) groups is 2. The first-order chi connectivity index (χ1) is 12.2.